The number of carbonyl (C=O) groups is 1. The highest BCUT2D eigenvalue weighted by atomic mass is 32.2. The van der Waals surface area contributed by atoms with Gasteiger partial charge < -0.3 is 14.9 Å². The summed E-state index contributed by atoms with van der Waals surface area (Å²) in [7, 11) is -3.87. The van der Waals surface area contributed by atoms with E-state index >= 15 is 0 Å². The first-order valence-corrected chi connectivity index (χ1v) is 13.6. The molecule has 3 aromatic carbocycles. The molecule has 0 bridgehead atoms. The fraction of sp³-hybridized carbons (Fsp3) is 0.214. The molecule has 1 aliphatic heterocycles. The fourth-order valence-electron chi connectivity index (χ4n) is 4.59. The van der Waals surface area contributed by atoms with Gasteiger partial charge in [-0.25, -0.2) is 22.6 Å². The lowest BCUT2D eigenvalue weighted by Gasteiger charge is -2.37. The number of rotatable bonds is 6. The van der Waals surface area contributed by atoms with Crippen molar-refractivity contribution in [3.8, 4) is 0 Å². The van der Waals surface area contributed by atoms with Gasteiger partial charge in [0, 0.05) is 37.3 Å². The average Bonchev–Trinajstić information content (AvgIpc) is 2.89. The molecule has 0 atom stereocenters. The van der Waals surface area contributed by atoms with E-state index in [1.807, 2.05) is 23.6 Å². The normalized spacial score (nSPS) is 14.1. The van der Waals surface area contributed by atoms with Gasteiger partial charge in [0.15, 0.2) is 0 Å². The van der Waals surface area contributed by atoms with Gasteiger partial charge in [-0.05, 0) is 73.5 Å². The van der Waals surface area contributed by atoms with Crippen LogP contribution in [0.4, 0.5) is 21.6 Å². The van der Waals surface area contributed by atoms with Crippen LogP contribution in [0.5, 0.6) is 0 Å². The number of benzene rings is 3. The number of carboxylic acids is 1. The monoisotopic (exact) mass is 534 g/mol. The number of para-hydroxylation sites is 1. The number of carboxylic acid groups (broad SMARTS) is 1. The zero-order valence-corrected chi connectivity index (χ0v) is 21.8. The maximum absolute atomic E-state index is 14.2. The van der Waals surface area contributed by atoms with Crippen LogP contribution in [0.25, 0.3) is 10.9 Å². The smallest absolute Gasteiger partial charge is 0.336 e. The number of hydrogen-bond donors (Lipinski definition) is 2. The Morgan fingerprint density at radius 2 is 1.63 bits per heavy atom. The maximum atomic E-state index is 14.2. The zero-order chi connectivity index (χ0) is 27.0. The SMILES string of the molecule is Cc1ccc(S(=O)(=O)Nc2ccc3nc(N4CCN(c5ccccc5F)CC4)cc(C(=O)O)c3c2)cc1C. The number of pyridine rings is 1. The van der Waals surface area contributed by atoms with Crippen LogP contribution in [-0.4, -0.2) is 50.7 Å². The Kier molecular flexibility index (Phi) is 6.66. The van der Waals surface area contributed by atoms with Crippen molar-refractivity contribution in [2.24, 2.45) is 0 Å². The summed E-state index contributed by atoms with van der Waals surface area (Å²) in [6, 6.07) is 17.7. The number of aromatic nitrogens is 1. The second kappa shape index (κ2) is 9.94. The highest BCUT2D eigenvalue weighted by Gasteiger charge is 2.23. The Labute approximate surface area is 220 Å². The van der Waals surface area contributed by atoms with E-state index in [2.05, 4.69) is 9.71 Å². The van der Waals surface area contributed by atoms with Crippen LogP contribution in [0.1, 0.15) is 21.5 Å². The van der Waals surface area contributed by atoms with E-state index in [1.54, 1.807) is 42.5 Å². The first-order valence-electron chi connectivity index (χ1n) is 12.1. The third-order valence-electron chi connectivity index (χ3n) is 6.86. The summed E-state index contributed by atoms with van der Waals surface area (Å²) in [5.41, 5.74) is 3.08. The Balaban J connectivity index is 1.41. The number of hydrogen-bond acceptors (Lipinski definition) is 6. The van der Waals surface area contributed by atoms with Crippen LogP contribution in [0, 0.1) is 19.7 Å². The van der Waals surface area contributed by atoms with Crippen molar-refractivity contribution in [1.82, 2.24) is 4.98 Å². The number of nitrogens with zero attached hydrogens (tertiary/aromatic N) is 3. The summed E-state index contributed by atoms with van der Waals surface area (Å²) in [5, 5.41) is 10.3. The number of anilines is 3. The number of fused-ring (bicyclic) bond motifs is 1. The summed E-state index contributed by atoms with van der Waals surface area (Å²) in [5.74, 6) is -0.911. The number of nitrogens with one attached hydrogen (secondary N) is 1. The molecule has 38 heavy (non-hydrogen) atoms. The molecule has 2 N–H and O–H groups in total. The summed E-state index contributed by atoms with van der Waals surface area (Å²) in [4.78, 5) is 20.9. The van der Waals surface area contributed by atoms with E-state index in [0.717, 1.165) is 11.1 Å². The molecular formula is C28H27FN4O4S. The molecule has 1 fully saturated rings. The van der Waals surface area contributed by atoms with Crippen molar-refractivity contribution in [3.05, 3.63) is 89.2 Å². The highest BCUT2D eigenvalue weighted by Crippen LogP contribution is 2.29. The first kappa shape index (κ1) is 25.5. The number of aryl methyl sites for hydroxylation is 2. The summed E-state index contributed by atoms with van der Waals surface area (Å²) in [6.07, 6.45) is 0. The molecule has 4 aromatic rings. The van der Waals surface area contributed by atoms with Crippen LogP contribution in [0.3, 0.4) is 0 Å². The van der Waals surface area contributed by atoms with Crippen molar-refractivity contribution in [1.29, 1.82) is 0 Å². The van der Waals surface area contributed by atoms with E-state index in [0.29, 0.717) is 48.6 Å². The summed E-state index contributed by atoms with van der Waals surface area (Å²) in [6.45, 7) is 5.94. The van der Waals surface area contributed by atoms with Crippen LogP contribution in [-0.2, 0) is 10.0 Å². The van der Waals surface area contributed by atoms with E-state index in [4.69, 9.17) is 0 Å². The van der Waals surface area contributed by atoms with Gasteiger partial charge >= 0.3 is 5.97 Å². The fourth-order valence-corrected chi connectivity index (χ4v) is 5.73. The van der Waals surface area contributed by atoms with Crippen molar-refractivity contribution in [2.45, 2.75) is 18.7 Å². The molecule has 1 aromatic heterocycles. The molecule has 8 nitrogen and oxygen atoms in total. The van der Waals surface area contributed by atoms with E-state index < -0.39 is 16.0 Å². The van der Waals surface area contributed by atoms with Crippen molar-refractivity contribution in [3.63, 3.8) is 0 Å². The number of halogens is 1. The van der Waals surface area contributed by atoms with E-state index in [9.17, 15) is 22.7 Å². The minimum absolute atomic E-state index is 0.0220. The van der Waals surface area contributed by atoms with Gasteiger partial charge in [0.05, 0.1) is 21.7 Å². The molecule has 0 saturated carbocycles. The summed E-state index contributed by atoms with van der Waals surface area (Å²) >= 11 is 0. The lowest BCUT2D eigenvalue weighted by atomic mass is 10.1. The zero-order valence-electron chi connectivity index (χ0n) is 21.0. The Morgan fingerprint density at radius 3 is 2.32 bits per heavy atom. The van der Waals surface area contributed by atoms with Gasteiger partial charge in [0.2, 0.25) is 0 Å². The van der Waals surface area contributed by atoms with Crippen LogP contribution >= 0.6 is 0 Å². The largest absolute Gasteiger partial charge is 0.478 e. The predicted octanol–water partition coefficient (Wildman–Crippen LogP) is 4.82. The molecule has 10 heteroatoms. The highest BCUT2D eigenvalue weighted by molar-refractivity contribution is 7.92. The molecule has 1 saturated heterocycles. The Hall–Kier alpha value is -4.18. The molecule has 0 amide bonds. The topological polar surface area (TPSA) is 103 Å². The molecule has 0 radical (unpaired) electrons. The lowest BCUT2D eigenvalue weighted by molar-refractivity contribution is 0.0699. The van der Waals surface area contributed by atoms with Crippen molar-refractivity contribution in [2.75, 3.05) is 40.7 Å². The molecule has 0 spiro atoms. The third-order valence-corrected chi connectivity index (χ3v) is 8.24. The minimum Gasteiger partial charge on any atom is -0.478 e. The number of piperazine rings is 1. The lowest BCUT2D eigenvalue weighted by Crippen LogP contribution is -2.47. The van der Waals surface area contributed by atoms with Crippen LogP contribution < -0.4 is 14.5 Å². The molecule has 0 unspecified atom stereocenters. The van der Waals surface area contributed by atoms with Gasteiger partial charge in [-0.1, -0.05) is 18.2 Å². The maximum Gasteiger partial charge on any atom is 0.336 e. The van der Waals surface area contributed by atoms with Gasteiger partial charge in [0.1, 0.15) is 11.6 Å². The van der Waals surface area contributed by atoms with Crippen LogP contribution in [0.2, 0.25) is 0 Å². The molecule has 1 aliphatic rings. The molecular weight excluding hydrogens is 507 g/mol. The van der Waals surface area contributed by atoms with Gasteiger partial charge in [-0.3, -0.25) is 4.72 Å². The van der Waals surface area contributed by atoms with Crippen molar-refractivity contribution < 1.29 is 22.7 Å². The van der Waals surface area contributed by atoms with E-state index in [1.165, 1.54) is 24.3 Å². The van der Waals surface area contributed by atoms with Crippen molar-refractivity contribution >= 4 is 44.1 Å². The molecule has 0 aliphatic carbocycles. The average molecular weight is 535 g/mol. The Bertz CT molecular complexity index is 1650. The van der Waals surface area contributed by atoms with Crippen LogP contribution in [0.15, 0.2) is 71.6 Å². The first-order chi connectivity index (χ1) is 18.1. The number of aromatic carboxylic acids is 1. The van der Waals surface area contributed by atoms with Gasteiger partial charge in [-0.2, -0.15) is 0 Å². The van der Waals surface area contributed by atoms with Gasteiger partial charge in [-0.15, -0.1) is 0 Å². The van der Waals surface area contributed by atoms with E-state index in [-0.39, 0.29) is 22.0 Å². The second-order valence-corrected chi connectivity index (χ2v) is 11.0. The second-order valence-electron chi connectivity index (χ2n) is 9.34. The number of sulfonamides is 1. The van der Waals surface area contributed by atoms with Gasteiger partial charge in [0.25, 0.3) is 10.0 Å². The molecule has 196 valence electrons. The molecule has 5 rings (SSSR count). The summed E-state index contributed by atoms with van der Waals surface area (Å²) < 4.78 is 42.7. The third kappa shape index (κ3) is 4.99. The quantitative estimate of drug-likeness (QED) is 0.366. The predicted molar refractivity (Wildman–Crippen MR) is 146 cm³/mol. The minimum atomic E-state index is -3.87. The standard InChI is InChI=1S/C28H27FN4O4S/c1-18-7-9-21(15-19(18)2)38(36,37)31-20-8-10-25-22(16-20)23(28(34)35)17-27(30-25)33-13-11-32(12-14-33)26-6-4-3-5-24(26)29/h3-10,15-17,31H,11-14H2,1-2H3,(H,34,35). The Morgan fingerprint density at radius 1 is 0.921 bits per heavy atom. The molecule has 2 heterocycles.